The van der Waals surface area contributed by atoms with E-state index < -0.39 is 0 Å². The van der Waals surface area contributed by atoms with E-state index in [1.807, 2.05) is 11.9 Å². The molecule has 0 amide bonds. The predicted octanol–water partition coefficient (Wildman–Crippen LogP) is 4.34. The highest BCUT2D eigenvalue weighted by atomic mass is 79.9. The Morgan fingerprint density at radius 2 is 2.25 bits per heavy atom. The Morgan fingerprint density at radius 1 is 1.46 bits per heavy atom. The van der Waals surface area contributed by atoms with Crippen LogP contribution in [0.1, 0.15) is 12.8 Å². The number of hydrogen-bond acceptors (Lipinski definition) is 6. The van der Waals surface area contributed by atoms with Crippen molar-refractivity contribution in [2.45, 2.75) is 19.1 Å². The normalized spacial score (nSPS) is 16.5. The molecule has 24 heavy (non-hydrogen) atoms. The second-order valence-corrected chi connectivity index (χ2v) is 6.50. The first-order valence-electron chi connectivity index (χ1n) is 7.17. The molecule has 1 aliphatic heterocycles. The maximum atomic E-state index is 9.47. The minimum absolute atomic E-state index is 0. The van der Waals surface area contributed by atoms with Crippen LogP contribution in [0.3, 0.4) is 0 Å². The number of aromatic hydroxyl groups is 1. The number of hydrogen-bond donors (Lipinski definition) is 2. The Balaban J connectivity index is 0.00000208. The summed E-state index contributed by atoms with van der Waals surface area (Å²) in [6, 6.07) is 4.84. The molecule has 1 saturated heterocycles. The van der Waals surface area contributed by atoms with E-state index in [9.17, 15) is 5.11 Å². The van der Waals surface area contributed by atoms with Crippen LogP contribution in [0.15, 0.2) is 28.9 Å². The fourth-order valence-electron chi connectivity index (χ4n) is 2.38. The van der Waals surface area contributed by atoms with Gasteiger partial charge < -0.3 is 20.1 Å². The lowest BCUT2D eigenvalue weighted by Gasteiger charge is -2.25. The lowest BCUT2D eigenvalue weighted by molar-refractivity contribution is 0.111. The van der Waals surface area contributed by atoms with Crippen LogP contribution in [0, 0.1) is 0 Å². The van der Waals surface area contributed by atoms with Gasteiger partial charge in [-0.2, -0.15) is 4.98 Å². The summed E-state index contributed by atoms with van der Waals surface area (Å²) in [5.74, 6) is 1.22. The molecule has 3 rings (SSSR count). The molecule has 0 spiro atoms. The van der Waals surface area contributed by atoms with Crippen molar-refractivity contribution in [1.29, 1.82) is 0 Å². The molecule has 0 saturated carbocycles. The number of phenols is 1. The number of anilines is 3. The van der Waals surface area contributed by atoms with Crippen molar-refractivity contribution in [3.63, 3.8) is 0 Å². The summed E-state index contributed by atoms with van der Waals surface area (Å²) in [7, 11) is 1.95. The van der Waals surface area contributed by atoms with Crippen LogP contribution in [0.4, 0.5) is 17.5 Å². The van der Waals surface area contributed by atoms with Gasteiger partial charge in [-0.25, -0.2) is 4.98 Å². The molecular formula is C15H17BrCl2N4O2. The highest BCUT2D eigenvalue weighted by Crippen LogP contribution is 2.30. The SMILES string of the molecule is CN(c1nc(Nc2ccc(O)c(Cl)c2)ncc1Br)C1CCCO1.Cl. The second kappa shape index (κ2) is 8.20. The summed E-state index contributed by atoms with van der Waals surface area (Å²) in [4.78, 5) is 10.8. The zero-order chi connectivity index (χ0) is 16.4. The van der Waals surface area contributed by atoms with Gasteiger partial charge in [0, 0.05) is 25.5 Å². The molecule has 1 unspecified atom stereocenters. The van der Waals surface area contributed by atoms with Crippen molar-refractivity contribution in [2.75, 3.05) is 23.9 Å². The van der Waals surface area contributed by atoms with Crippen LogP contribution >= 0.6 is 39.9 Å². The average molecular weight is 436 g/mol. The summed E-state index contributed by atoms with van der Waals surface area (Å²) < 4.78 is 6.49. The van der Waals surface area contributed by atoms with Crippen molar-refractivity contribution in [2.24, 2.45) is 0 Å². The van der Waals surface area contributed by atoms with E-state index in [4.69, 9.17) is 16.3 Å². The van der Waals surface area contributed by atoms with Crippen LogP contribution in [0.5, 0.6) is 5.75 Å². The third-order valence-corrected chi connectivity index (χ3v) is 4.46. The Morgan fingerprint density at radius 3 is 2.92 bits per heavy atom. The molecule has 130 valence electrons. The molecule has 1 aliphatic rings. The van der Waals surface area contributed by atoms with E-state index in [0.717, 1.165) is 29.7 Å². The molecule has 6 nitrogen and oxygen atoms in total. The molecule has 1 fully saturated rings. The van der Waals surface area contributed by atoms with Gasteiger partial charge in [-0.3, -0.25) is 0 Å². The number of aromatic nitrogens is 2. The summed E-state index contributed by atoms with van der Waals surface area (Å²) >= 11 is 9.39. The molecule has 1 aromatic carbocycles. The zero-order valence-electron chi connectivity index (χ0n) is 12.9. The lowest BCUT2D eigenvalue weighted by atomic mass is 10.3. The van der Waals surface area contributed by atoms with Gasteiger partial charge in [-0.15, -0.1) is 12.4 Å². The maximum absolute atomic E-state index is 9.47. The van der Waals surface area contributed by atoms with Crippen LogP contribution in [-0.2, 0) is 4.74 Å². The van der Waals surface area contributed by atoms with E-state index in [1.165, 1.54) is 6.07 Å². The number of benzene rings is 1. The number of halogens is 3. The molecule has 1 atom stereocenters. The number of nitrogens with one attached hydrogen (secondary N) is 1. The van der Waals surface area contributed by atoms with E-state index in [1.54, 1.807) is 18.3 Å². The standard InChI is InChI=1S/C15H16BrClN4O2.ClH/c1-21(13-3-2-6-23-13)14-10(16)8-18-15(20-14)19-9-4-5-12(22)11(17)7-9;/h4-5,7-8,13,22H,2-3,6H2,1H3,(H,18,19,20);1H. The summed E-state index contributed by atoms with van der Waals surface area (Å²) in [6.07, 6.45) is 3.74. The minimum Gasteiger partial charge on any atom is -0.506 e. The topological polar surface area (TPSA) is 70.5 Å². The summed E-state index contributed by atoms with van der Waals surface area (Å²) in [6.45, 7) is 0.773. The quantitative estimate of drug-likeness (QED) is 0.696. The van der Waals surface area contributed by atoms with Crippen LogP contribution in [0.25, 0.3) is 0 Å². The van der Waals surface area contributed by atoms with E-state index in [-0.39, 0.29) is 29.4 Å². The highest BCUT2D eigenvalue weighted by molar-refractivity contribution is 9.10. The van der Waals surface area contributed by atoms with E-state index in [0.29, 0.717) is 11.6 Å². The molecule has 2 aromatic rings. The first-order valence-corrected chi connectivity index (χ1v) is 8.34. The first kappa shape index (κ1) is 19.1. The number of ether oxygens (including phenoxy) is 1. The van der Waals surface area contributed by atoms with Crippen LogP contribution < -0.4 is 10.2 Å². The smallest absolute Gasteiger partial charge is 0.229 e. The molecular weight excluding hydrogens is 419 g/mol. The Labute approximate surface area is 159 Å². The van der Waals surface area contributed by atoms with Crippen molar-refractivity contribution >= 4 is 57.4 Å². The van der Waals surface area contributed by atoms with Crippen molar-refractivity contribution < 1.29 is 9.84 Å². The van der Waals surface area contributed by atoms with Gasteiger partial charge >= 0.3 is 0 Å². The summed E-state index contributed by atoms with van der Waals surface area (Å²) in [5, 5.41) is 12.8. The predicted molar refractivity (Wildman–Crippen MR) is 101 cm³/mol. The number of phenolic OH excluding ortho intramolecular Hbond substituents is 1. The van der Waals surface area contributed by atoms with Gasteiger partial charge in [0.25, 0.3) is 0 Å². The molecule has 2 heterocycles. The minimum atomic E-state index is 0. The van der Waals surface area contributed by atoms with E-state index >= 15 is 0 Å². The molecule has 2 N–H and O–H groups in total. The molecule has 1 aromatic heterocycles. The third kappa shape index (κ3) is 4.22. The van der Waals surface area contributed by atoms with E-state index in [2.05, 4.69) is 31.2 Å². The number of nitrogens with zero attached hydrogens (tertiary/aromatic N) is 3. The Kier molecular flexibility index (Phi) is 6.51. The Bertz CT molecular complexity index is 714. The monoisotopic (exact) mass is 434 g/mol. The van der Waals surface area contributed by atoms with Crippen LogP contribution in [-0.4, -0.2) is 35.0 Å². The Hall–Kier alpha value is -1.28. The first-order chi connectivity index (χ1) is 11.0. The maximum Gasteiger partial charge on any atom is 0.229 e. The van der Waals surface area contributed by atoms with Gasteiger partial charge in [0.1, 0.15) is 17.8 Å². The third-order valence-electron chi connectivity index (χ3n) is 3.60. The fourth-order valence-corrected chi connectivity index (χ4v) is 3.03. The molecule has 0 radical (unpaired) electrons. The van der Waals surface area contributed by atoms with Gasteiger partial charge in [0.15, 0.2) is 0 Å². The zero-order valence-corrected chi connectivity index (χ0v) is 16.0. The van der Waals surface area contributed by atoms with Gasteiger partial charge in [0.05, 0.1) is 9.50 Å². The number of rotatable bonds is 4. The van der Waals surface area contributed by atoms with Crippen molar-refractivity contribution in [1.82, 2.24) is 9.97 Å². The largest absolute Gasteiger partial charge is 0.506 e. The van der Waals surface area contributed by atoms with Crippen molar-refractivity contribution in [3.8, 4) is 5.75 Å². The van der Waals surface area contributed by atoms with Gasteiger partial charge in [-0.05, 0) is 47.0 Å². The van der Waals surface area contributed by atoms with Gasteiger partial charge in [0.2, 0.25) is 5.95 Å². The average Bonchev–Trinajstić information content (AvgIpc) is 3.06. The van der Waals surface area contributed by atoms with Gasteiger partial charge in [-0.1, -0.05) is 11.6 Å². The summed E-state index contributed by atoms with van der Waals surface area (Å²) in [5.41, 5.74) is 0.695. The van der Waals surface area contributed by atoms with Crippen LogP contribution in [0.2, 0.25) is 5.02 Å². The van der Waals surface area contributed by atoms with Crippen molar-refractivity contribution in [3.05, 3.63) is 33.9 Å². The lowest BCUT2D eigenvalue weighted by Crippen LogP contribution is -2.31. The second-order valence-electron chi connectivity index (χ2n) is 5.23. The molecule has 0 bridgehead atoms. The highest BCUT2D eigenvalue weighted by Gasteiger charge is 2.23. The molecule has 0 aliphatic carbocycles. The fraction of sp³-hybridized carbons (Fsp3) is 0.333. The molecule has 9 heteroatoms.